The molecule has 3 rings (SSSR count). The number of azide groups is 1. The Hall–Kier alpha value is -2.41. The normalized spacial score (nSPS) is 27.0. The summed E-state index contributed by atoms with van der Waals surface area (Å²) >= 11 is 5.96. The Labute approximate surface area is 172 Å². The van der Waals surface area contributed by atoms with Gasteiger partial charge in [-0.15, -0.1) is 10.2 Å². The summed E-state index contributed by atoms with van der Waals surface area (Å²) in [6, 6.07) is 2.73. The van der Waals surface area contributed by atoms with Gasteiger partial charge in [-0.1, -0.05) is 22.8 Å². The van der Waals surface area contributed by atoms with Crippen LogP contribution in [0.2, 0.25) is 5.02 Å². The fourth-order valence-electron chi connectivity index (χ4n) is 3.24. The number of aliphatic hydroxyl groups excluding tert-OH is 3. The molecule has 1 fully saturated rings. The van der Waals surface area contributed by atoms with Crippen molar-refractivity contribution in [3.63, 3.8) is 0 Å². The second-order valence-electron chi connectivity index (χ2n) is 6.60. The van der Waals surface area contributed by atoms with Crippen LogP contribution >= 0.6 is 11.6 Å². The second-order valence-corrected chi connectivity index (χ2v) is 7.04. The molecule has 10 nitrogen and oxygen atoms in total. The first kappa shape index (κ1) is 22.3. The van der Waals surface area contributed by atoms with Crippen molar-refractivity contribution < 1.29 is 33.2 Å². The number of aromatic nitrogens is 3. The Bertz CT molecular complexity index is 980. The zero-order chi connectivity index (χ0) is 22.2. The average molecular weight is 449 g/mol. The molecule has 30 heavy (non-hydrogen) atoms. The van der Waals surface area contributed by atoms with E-state index in [0.29, 0.717) is 10.1 Å². The lowest BCUT2D eigenvalue weighted by Crippen LogP contribution is -2.54. The quantitative estimate of drug-likeness (QED) is 0.370. The molecule has 0 radical (unpaired) electrons. The van der Waals surface area contributed by atoms with E-state index in [4.69, 9.17) is 21.9 Å². The van der Waals surface area contributed by atoms with Crippen molar-refractivity contribution in [3.8, 4) is 5.69 Å². The highest BCUT2D eigenvalue weighted by Gasteiger charge is 2.48. The first-order chi connectivity index (χ1) is 14.1. The van der Waals surface area contributed by atoms with Crippen molar-refractivity contribution >= 4 is 11.6 Å². The van der Waals surface area contributed by atoms with Crippen LogP contribution in [0.5, 0.6) is 0 Å². The van der Waals surface area contributed by atoms with Crippen LogP contribution in [0, 0.1) is 6.92 Å². The molecule has 1 aromatic heterocycles. The first-order valence-corrected chi connectivity index (χ1v) is 8.93. The van der Waals surface area contributed by atoms with Crippen molar-refractivity contribution in [2.45, 2.75) is 43.6 Å². The molecule has 0 spiro atoms. The lowest BCUT2D eigenvalue weighted by atomic mass is 9.92. The largest absolute Gasteiger partial charge is 0.452 e. The lowest BCUT2D eigenvalue weighted by Gasteiger charge is -2.40. The summed E-state index contributed by atoms with van der Waals surface area (Å²) in [6.45, 7) is 0.787. The first-order valence-electron chi connectivity index (χ1n) is 8.55. The van der Waals surface area contributed by atoms with Gasteiger partial charge in [0.25, 0.3) is 0 Å². The number of hydrogen-bond donors (Lipinski definition) is 3. The Morgan fingerprint density at radius 3 is 2.60 bits per heavy atom. The van der Waals surface area contributed by atoms with E-state index < -0.39 is 54.9 Å². The van der Waals surface area contributed by atoms with Gasteiger partial charge >= 0.3 is 6.18 Å². The molecule has 0 unspecified atom stereocenters. The molecule has 14 heteroatoms. The van der Waals surface area contributed by atoms with E-state index in [-0.39, 0.29) is 10.7 Å². The molecule has 2 heterocycles. The van der Waals surface area contributed by atoms with Crippen LogP contribution < -0.4 is 0 Å². The van der Waals surface area contributed by atoms with Gasteiger partial charge in [0.15, 0.2) is 5.82 Å². The number of halogens is 4. The molecule has 0 aliphatic carbocycles. The van der Waals surface area contributed by atoms with E-state index >= 15 is 0 Å². The number of aliphatic hydroxyl groups is 3. The minimum absolute atomic E-state index is 0.0161. The average Bonchev–Trinajstić information content (AvgIpc) is 3.12. The fraction of sp³-hybridized carbons (Fsp3) is 0.500. The number of benzene rings is 1. The van der Waals surface area contributed by atoms with Crippen LogP contribution in [-0.4, -0.2) is 61.0 Å². The SMILES string of the molecule is Cc1ccc(Cl)cc1-n1c([C@@H]2O[C@H](CO)[C@H](O)[C@H](N=[N+]=[N-])[C@H]2O)nnc1C(F)(F)F. The smallest absolute Gasteiger partial charge is 0.394 e. The number of nitrogens with zero attached hydrogens (tertiary/aromatic N) is 6. The van der Waals surface area contributed by atoms with E-state index in [1.165, 1.54) is 25.1 Å². The molecule has 0 saturated carbocycles. The maximum Gasteiger partial charge on any atom is 0.452 e. The molecule has 1 aliphatic rings. The van der Waals surface area contributed by atoms with Crippen molar-refractivity contribution in [1.29, 1.82) is 0 Å². The highest BCUT2D eigenvalue weighted by molar-refractivity contribution is 6.30. The Balaban J connectivity index is 2.22. The van der Waals surface area contributed by atoms with Gasteiger partial charge in [0.05, 0.1) is 30.5 Å². The molecule has 3 N–H and O–H groups in total. The van der Waals surface area contributed by atoms with E-state index in [9.17, 15) is 28.5 Å². The third-order valence-electron chi connectivity index (χ3n) is 4.69. The van der Waals surface area contributed by atoms with Gasteiger partial charge in [0.2, 0.25) is 5.82 Å². The van der Waals surface area contributed by atoms with Gasteiger partial charge in [-0.3, -0.25) is 4.57 Å². The van der Waals surface area contributed by atoms with Crippen LogP contribution in [0.1, 0.15) is 23.3 Å². The zero-order valence-corrected chi connectivity index (χ0v) is 16.0. The van der Waals surface area contributed by atoms with Crippen LogP contribution in [-0.2, 0) is 10.9 Å². The fourth-order valence-corrected chi connectivity index (χ4v) is 3.40. The summed E-state index contributed by atoms with van der Waals surface area (Å²) in [5.74, 6) is -1.87. The summed E-state index contributed by atoms with van der Waals surface area (Å²) in [7, 11) is 0. The summed E-state index contributed by atoms with van der Waals surface area (Å²) < 4.78 is 47.0. The molecule has 5 atom stereocenters. The number of aryl methyl sites for hydroxylation is 1. The number of alkyl halides is 3. The van der Waals surface area contributed by atoms with Gasteiger partial charge in [-0.2, -0.15) is 13.2 Å². The van der Waals surface area contributed by atoms with Crippen LogP contribution in [0.4, 0.5) is 13.2 Å². The minimum atomic E-state index is -4.92. The van der Waals surface area contributed by atoms with Gasteiger partial charge in [0.1, 0.15) is 12.2 Å². The van der Waals surface area contributed by atoms with Crippen molar-refractivity contribution in [2.24, 2.45) is 5.11 Å². The van der Waals surface area contributed by atoms with Crippen LogP contribution in [0.3, 0.4) is 0 Å². The van der Waals surface area contributed by atoms with Crippen molar-refractivity contribution in [3.05, 3.63) is 50.9 Å². The van der Waals surface area contributed by atoms with Crippen molar-refractivity contribution in [2.75, 3.05) is 6.61 Å². The highest BCUT2D eigenvalue weighted by Crippen LogP contribution is 2.38. The van der Waals surface area contributed by atoms with Crippen LogP contribution in [0.15, 0.2) is 23.3 Å². The summed E-state index contributed by atoms with van der Waals surface area (Å²) in [5.41, 5.74) is 9.09. The predicted octanol–water partition coefficient (Wildman–Crippen LogP) is 2.08. The Morgan fingerprint density at radius 2 is 2.00 bits per heavy atom. The molecular formula is C16H16ClF3N6O4. The lowest BCUT2D eigenvalue weighted by molar-refractivity contribution is -0.194. The molecule has 0 amide bonds. The van der Waals surface area contributed by atoms with E-state index in [2.05, 4.69) is 20.2 Å². The zero-order valence-electron chi connectivity index (χ0n) is 15.3. The predicted molar refractivity (Wildman–Crippen MR) is 95.8 cm³/mol. The Kier molecular flexibility index (Phi) is 6.22. The second kappa shape index (κ2) is 8.38. The van der Waals surface area contributed by atoms with E-state index in [1.54, 1.807) is 0 Å². The number of rotatable bonds is 4. The third-order valence-corrected chi connectivity index (χ3v) is 4.92. The van der Waals surface area contributed by atoms with Gasteiger partial charge in [0, 0.05) is 9.93 Å². The maximum atomic E-state index is 13.6. The van der Waals surface area contributed by atoms with E-state index in [0.717, 1.165) is 0 Å². The maximum absolute atomic E-state index is 13.6. The van der Waals surface area contributed by atoms with Gasteiger partial charge < -0.3 is 20.1 Å². The molecule has 1 saturated heterocycles. The Morgan fingerprint density at radius 1 is 1.30 bits per heavy atom. The van der Waals surface area contributed by atoms with Crippen molar-refractivity contribution in [1.82, 2.24) is 14.8 Å². The molecule has 2 aromatic rings. The number of hydrogen-bond acceptors (Lipinski definition) is 7. The molecule has 1 aliphatic heterocycles. The van der Waals surface area contributed by atoms with Crippen LogP contribution in [0.25, 0.3) is 16.1 Å². The van der Waals surface area contributed by atoms with Gasteiger partial charge in [-0.05, 0) is 30.2 Å². The topological polar surface area (TPSA) is 149 Å². The summed E-state index contributed by atoms with van der Waals surface area (Å²) in [5, 5.41) is 40.4. The molecule has 162 valence electrons. The summed E-state index contributed by atoms with van der Waals surface area (Å²) in [6.07, 6.45) is -11.2. The summed E-state index contributed by atoms with van der Waals surface area (Å²) in [4.78, 5) is 2.54. The molecular weight excluding hydrogens is 433 g/mol. The van der Waals surface area contributed by atoms with Gasteiger partial charge in [-0.25, -0.2) is 0 Å². The molecule has 0 bridgehead atoms. The standard InChI is InChI=1S/C16H16ClF3N6O4/c1-6-2-3-7(17)4-8(6)26-14(23-24-15(26)16(18,19)20)13-12(29)10(22-25-21)11(28)9(5-27)30-13/h2-4,9-13,27-29H,5H2,1H3/t9-,10+,11+,12-,13-/m1/s1. The minimum Gasteiger partial charge on any atom is -0.394 e. The monoisotopic (exact) mass is 448 g/mol. The number of ether oxygens (including phenoxy) is 1. The van der Waals surface area contributed by atoms with E-state index in [1.807, 2.05) is 0 Å². The highest BCUT2D eigenvalue weighted by atomic mass is 35.5. The molecule has 1 aromatic carbocycles. The third kappa shape index (κ3) is 3.95.